The topological polar surface area (TPSA) is 96.3 Å². The highest BCUT2D eigenvalue weighted by molar-refractivity contribution is 6.42. The minimum absolute atomic E-state index is 0.111. The molecule has 1 aliphatic carbocycles. The number of urea groups is 1. The molecule has 1 aromatic rings. The molecule has 0 radical (unpaired) electrons. The van der Waals surface area contributed by atoms with E-state index in [0.717, 1.165) is 38.8 Å². The number of amides is 3. The number of likely N-dealkylation sites (tertiary alicyclic amines) is 1. The molecule has 3 N–H and O–H groups in total. The van der Waals surface area contributed by atoms with E-state index < -0.39 is 6.04 Å². The minimum atomic E-state index is -0.641. The van der Waals surface area contributed by atoms with Gasteiger partial charge in [0, 0.05) is 25.3 Å². The van der Waals surface area contributed by atoms with E-state index in [1.807, 2.05) is 0 Å². The lowest BCUT2D eigenvalue weighted by Gasteiger charge is -2.42. The third-order valence-electron chi connectivity index (χ3n) is 7.74. The number of halogens is 2. The van der Waals surface area contributed by atoms with E-state index >= 15 is 0 Å². The van der Waals surface area contributed by atoms with Gasteiger partial charge in [-0.1, -0.05) is 23.2 Å². The van der Waals surface area contributed by atoms with Crippen molar-refractivity contribution in [3.8, 4) is 0 Å². The van der Waals surface area contributed by atoms with Gasteiger partial charge in [0.05, 0.1) is 28.8 Å². The zero-order chi connectivity index (χ0) is 24.5. The number of nitrogens with zero attached hydrogens (tertiary/aromatic N) is 3. The van der Waals surface area contributed by atoms with E-state index in [1.54, 1.807) is 30.0 Å². The molecule has 0 unspecified atom stereocenters. The zero-order valence-electron chi connectivity index (χ0n) is 19.6. The molecule has 2 aliphatic heterocycles. The van der Waals surface area contributed by atoms with Gasteiger partial charge in [-0.05, 0) is 75.7 Å². The molecule has 1 aromatic carbocycles. The Morgan fingerprint density at radius 3 is 2.62 bits per heavy atom. The molecule has 10 heteroatoms. The number of anilines is 1. The summed E-state index contributed by atoms with van der Waals surface area (Å²) in [6.07, 6.45) is 4.63. The predicted octanol–water partition coefficient (Wildman–Crippen LogP) is 3.05. The summed E-state index contributed by atoms with van der Waals surface area (Å²) in [4.78, 5) is 31.4. The van der Waals surface area contributed by atoms with Crippen LogP contribution in [0.15, 0.2) is 18.2 Å². The van der Waals surface area contributed by atoms with Crippen LogP contribution in [0, 0.1) is 5.41 Å². The molecular formula is C24H34Cl2N4O4. The molecule has 188 valence electrons. The molecule has 3 aliphatic rings. The number of nitrogens with one attached hydrogen (secondary N) is 1. The largest absolute Gasteiger partial charge is 0.394 e. The first kappa shape index (κ1) is 25.5. The van der Waals surface area contributed by atoms with Crippen LogP contribution < -0.4 is 5.32 Å². The number of piperazine rings is 1. The third-order valence-corrected chi connectivity index (χ3v) is 8.48. The second-order valence-electron chi connectivity index (χ2n) is 9.87. The Morgan fingerprint density at radius 2 is 1.97 bits per heavy atom. The summed E-state index contributed by atoms with van der Waals surface area (Å²) >= 11 is 12.0. The van der Waals surface area contributed by atoms with Gasteiger partial charge in [0.25, 0.3) is 0 Å². The number of piperidine rings is 1. The molecule has 34 heavy (non-hydrogen) atoms. The molecule has 4 rings (SSSR count). The number of β-amino-alcohol motifs (C(OH)–C–C–N with tert-alkyl or cyclic N) is 1. The van der Waals surface area contributed by atoms with Crippen molar-refractivity contribution >= 4 is 40.8 Å². The lowest BCUT2D eigenvalue weighted by molar-refractivity contribution is -0.143. The van der Waals surface area contributed by atoms with Crippen LogP contribution in [0.1, 0.15) is 39.0 Å². The van der Waals surface area contributed by atoms with Gasteiger partial charge in [0.15, 0.2) is 0 Å². The summed E-state index contributed by atoms with van der Waals surface area (Å²) in [5, 5.41) is 23.9. The average molecular weight is 513 g/mol. The Labute approximate surface area is 210 Å². The third kappa shape index (κ3) is 5.46. The van der Waals surface area contributed by atoms with Gasteiger partial charge in [0.1, 0.15) is 6.04 Å². The molecule has 2 heterocycles. The highest BCUT2D eigenvalue weighted by atomic mass is 35.5. The smallest absolute Gasteiger partial charge is 0.322 e. The zero-order valence-corrected chi connectivity index (χ0v) is 21.1. The van der Waals surface area contributed by atoms with Crippen molar-refractivity contribution in [1.82, 2.24) is 14.7 Å². The van der Waals surface area contributed by atoms with Crippen molar-refractivity contribution in [2.75, 3.05) is 44.6 Å². The first-order valence-electron chi connectivity index (χ1n) is 12.1. The number of benzene rings is 1. The maximum atomic E-state index is 13.1. The van der Waals surface area contributed by atoms with Crippen molar-refractivity contribution < 1.29 is 19.8 Å². The number of carbonyl (C=O) groups excluding carboxylic acids is 2. The van der Waals surface area contributed by atoms with Crippen LogP contribution in [0.4, 0.5) is 10.5 Å². The molecular weight excluding hydrogens is 479 g/mol. The van der Waals surface area contributed by atoms with Crippen molar-refractivity contribution in [3.63, 3.8) is 0 Å². The van der Waals surface area contributed by atoms with Gasteiger partial charge in [-0.25, -0.2) is 4.79 Å². The normalized spacial score (nSPS) is 25.5. The number of carbonyl (C=O) groups is 2. The van der Waals surface area contributed by atoms with Gasteiger partial charge >= 0.3 is 6.03 Å². The Hall–Kier alpha value is -1.58. The fraction of sp³-hybridized carbons (Fsp3) is 0.667. The number of aliphatic hydroxyl groups is 2. The van der Waals surface area contributed by atoms with Crippen molar-refractivity contribution in [1.29, 1.82) is 0 Å². The average Bonchev–Trinajstić information content (AvgIpc) is 3.59. The van der Waals surface area contributed by atoms with Crippen LogP contribution in [-0.4, -0.2) is 94.4 Å². The Bertz CT molecular complexity index is 913. The molecule has 0 aromatic heterocycles. The van der Waals surface area contributed by atoms with Crippen molar-refractivity contribution in [2.45, 2.75) is 57.2 Å². The molecule has 3 atom stereocenters. The van der Waals surface area contributed by atoms with Crippen LogP contribution in [0.3, 0.4) is 0 Å². The first-order valence-corrected chi connectivity index (χ1v) is 12.8. The number of hydrogen-bond acceptors (Lipinski definition) is 5. The quantitative estimate of drug-likeness (QED) is 0.521. The standard InChI is InChI=1S/C24H34Cl2N4O4/c1-16-22(33)30(12-11-29(16)23(34)27-17-4-5-19(25)20(26)13-17)18(15-31)3-2-9-28-10-8-24(6-7-24)21(32)14-28/h4-5,13,16,18,21,31-32H,2-3,6-12,14-15H2,1H3,(H,27,34)/t16-,18-,21+/m0/s1. The Kier molecular flexibility index (Phi) is 7.94. The van der Waals surface area contributed by atoms with Gasteiger partial charge < -0.3 is 30.2 Å². The van der Waals surface area contributed by atoms with E-state index in [-0.39, 0.29) is 36.1 Å². The predicted molar refractivity (Wildman–Crippen MR) is 132 cm³/mol. The minimum Gasteiger partial charge on any atom is -0.394 e. The number of hydrogen-bond donors (Lipinski definition) is 3. The first-order chi connectivity index (χ1) is 16.2. The maximum Gasteiger partial charge on any atom is 0.322 e. The molecule has 1 spiro atoms. The molecule has 2 saturated heterocycles. The summed E-state index contributed by atoms with van der Waals surface area (Å²) in [6.45, 7) is 4.90. The highest BCUT2D eigenvalue weighted by Crippen LogP contribution is 2.53. The summed E-state index contributed by atoms with van der Waals surface area (Å²) in [7, 11) is 0. The van der Waals surface area contributed by atoms with E-state index in [0.29, 0.717) is 41.8 Å². The van der Waals surface area contributed by atoms with Gasteiger partial charge in [0.2, 0.25) is 5.91 Å². The second kappa shape index (κ2) is 10.6. The summed E-state index contributed by atoms with van der Waals surface area (Å²) in [5.74, 6) is -0.168. The van der Waals surface area contributed by atoms with Crippen LogP contribution in [-0.2, 0) is 4.79 Å². The van der Waals surface area contributed by atoms with Gasteiger partial charge in [-0.3, -0.25) is 4.79 Å². The van der Waals surface area contributed by atoms with Crippen molar-refractivity contribution in [2.24, 2.45) is 5.41 Å². The van der Waals surface area contributed by atoms with E-state index in [9.17, 15) is 19.8 Å². The maximum absolute atomic E-state index is 13.1. The van der Waals surface area contributed by atoms with Crippen LogP contribution >= 0.6 is 23.2 Å². The Balaban J connectivity index is 1.26. The molecule has 1 saturated carbocycles. The molecule has 0 bridgehead atoms. The summed E-state index contributed by atoms with van der Waals surface area (Å²) in [5.41, 5.74) is 0.698. The Morgan fingerprint density at radius 1 is 1.21 bits per heavy atom. The van der Waals surface area contributed by atoms with Crippen molar-refractivity contribution in [3.05, 3.63) is 28.2 Å². The lowest BCUT2D eigenvalue weighted by atomic mass is 9.90. The molecule has 8 nitrogen and oxygen atoms in total. The molecule has 3 fully saturated rings. The summed E-state index contributed by atoms with van der Waals surface area (Å²) in [6, 6.07) is 3.53. The van der Waals surface area contributed by atoms with Crippen LogP contribution in [0.5, 0.6) is 0 Å². The molecule has 3 amide bonds. The lowest BCUT2D eigenvalue weighted by Crippen LogP contribution is -2.61. The highest BCUT2D eigenvalue weighted by Gasteiger charge is 2.51. The monoisotopic (exact) mass is 512 g/mol. The van der Waals surface area contributed by atoms with E-state index in [2.05, 4.69) is 10.2 Å². The van der Waals surface area contributed by atoms with Gasteiger partial charge in [-0.15, -0.1) is 0 Å². The summed E-state index contributed by atoms with van der Waals surface area (Å²) < 4.78 is 0. The fourth-order valence-electron chi connectivity index (χ4n) is 5.22. The van der Waals surface area contributed by atoms with Crippen LogP contribution in [0.25, 0.3) is 0 Å². The number of rotatable bonds is 7. The van der Waals surface area contributed by atoms with Crippen LogP contribution in [0.2, 0.25) is 10.0 Å². The number of aliphatic hydroxyl groups excluding tert-OH is 2. The van der Waals surface area contributed by atoms with E-state index in [4.69, 9.17) is 23.2 Å². The fourth-order valence-corrected chi connectivity index (χ4v) is 5.52. The van der Waals surface area contributed by atoms with E-state index in [1.165, 1.54) is 4.90 Å². The SMILES string of the molecule is C[C@H]1C(=O)N([C@H](CO)CCCN2CCC3(CC3)[C@H](O)C2)CCN1C(=O)Nc1ccc(Cl)c(Cl)c1. The second-order valence-corrected chi connectivity index (χ2v) is 10.7. The van der Waals surface area contributed by atoms with Gasteiger partial charge in [-0.2, -0.15) is 0 Å².